The lowest BCUT2D eigenvalue weighted by molar-refractivity contribution is -0.148. The fourth-order valence-corrected chi connectivity index (χ4v) is 9.90. The van der Waals surface area contributed by atoms with E-state index in [1.54, 1.807) is 12.1 Å². The Balaban J connectivity index is 1.31. The Morgan fingerprint density at radius 3 is 1.82 bits per heavy atom. The predicted octanol–water partition coefficient (Wildman–Crippen LogP) is -1.42. The quantitative estimate of drug-likeness (QED) is 0.0732. The number of aliphatic hydroxyl groups excluding tert-OH is 8. The number of aromatic hydroxyl groups is 1. The molecule has 0 saturated carbocycles. The number of aliphatic hydroxyl groups is 8. The molecule has 0 aromatic heterocycles. The van der Waals surface area contributed by atoms with Crippen molar-refractivity contribution < 1.29 is 84.3 Å². The Kier molecular flexibility index (Phi) is 21.7. The van der Waals surface area contributed by atoms with E-state index in [4.69, 9.17) is 4.74 Å². The standard InChI is InChI=1S/C55H75N7O17/c1-5-6-7-8-9-10-23-79-37-21-17-32(18-22-37)31-11-13-34(14-12-31)48(71)56-38-25-40(67)51(74)60-53(76)44-45(68)28(2)26-62(44)55(78)42(30(4)64)58-52(75)43(47(70)46(69)33-15-19-35(65)20-16-33)59-50(73)39-24-36(66)27-61(39)54(77)41(29(3)63)57-49(38)72/h11-22,28-30,36,38-47,51,63-70,74H,5-10,23-27H2,1-4H3,(H,56,71)(H,57,72)(H,58,75)(H,59,73)(H,60,76)/t28-,29+,30+,36+,38-,39-,40+,41-,42-,43-,44-,45-,46-,47-,51-/m0/s1. The molecule has 15 atom stereocenters. The van der Waals surface area contributed by atoms with Crippen LogP contribution < -0.4 is 31.3 Å². The molecule has 0 spiro atoms. The number of nitrogens with zero attached hydrogens (tertiary/aromatic N) is 2. The van der Waals surface area contributed by atoms with Gasteiger partial charge in [-0.3, -0.25) is 33.6 Å². The van der Waals surface area contributed by atoms with Crippen molar-refractivity contribution >= 4 is 41.4 Å². The highest BCUT2D eigenvalue weighted by Crippen LogP contribution is 2.29. The summed E-state index contributed by atoms with van der Waals surface area (Å²) in [5.41, 5.74) is 1.45. The Morgan fingerprint density at radius 2 is 1.22 bits per heavy atom. The summed E-state index contributed by atoms with van der Waals surface area (Å²) in [5.74, 6) is -8.73. The van der Waals surface area contributed by atoms with Crippen molar-refractivity contribution in [3.63, 3.8) is 0 Å². The Bertz CT molecular complexity index is 2570. The molecule has 0 unspecified atom stereocenters. The first-order valence-corrected chi connectivity index (χ1v) is 26.7. The lowest BCUT2D eigenvalue weighted by atomic mass is 9.96. The van der Waals surface area contributed by atoms with Crippen LogP contribution in [0.15, 0.2) is 72.8 Å². The van der Waals surface area contributed by atoms with E-state index in [1.165, 1.54) is 50.5 Å². The highest BCUT2D eigenvalue weighted by molar-refractivity contribution is 6.00. The minimum Gasteiger partial charge on any atom is -0.508 e. The van der Waals surface area contributed by atoms with E-state index in [-0.39, 0.29) is 23.4 Å². The van der Waals surface area contributed by atoms with Gasteiger partial charge in [-0.05, 0) is 73.4 Å². The molecule has 14 N–H and O–H groups in total. The number of ether oxygens (including phenoxy) is 1. The summed E-state index contributed by atoms with van der Waals surface area (Å²) in [6.45, 7) is 5.46. The zero-order valence-corrected chi connectivity index (χ0v) is 44.6. The molecule has 3 aromatic rings. The van der Waals surface area contributed by atoms with E-state index in [0.29, 0.717) is 17.9 Å². The van der Waals surface area contributed by atoms with Crippen LogP contribution in [-0.4, -0.2) is 196 Å². The van der Waals surface area contributed by atoms with Crippen LogP contribution in [0.5, 0.6) is 11.5 Å². The van der Waals surface area contributed by atoms with Crippen molar-refractivity contribution in [2.45, 2.75) is 164 Å². The van der Waals surface area contributed by atoms with Crippen LogP contribution in [0.1, 0.15) is 101 Å². The summed E-state index contributed by atoms with van der Waals surface area (Å²) >= 11 is 0. The SMILES string of the molecule is CCCCCCCCOc1ccc(-c2ccc(C(=O)N[C@H]3C[C@@H](O)[C@H](O)NC(=O)[C@@H]4[C@@H](O)[C@@H](C)CN4C(=O)[C@H]([C@@H](C)O)NC(=O)[C@H]([C@H](O)[C@@H](O)c4ccc(O)cc4)NC(=O)[C@@H]4C[C@@H](O)CN4C(=O)[C@H]([C@@H](C)O)NC3=O)cc2)cc1. The molecule has 3 aliphatic heterocycles. The van der Waals surface area contributed by atoms with Gasteiger partial charge in [0.05, 0.1) is 31.0 Å². The van der Waals surface area contributed by atoms with E-state index in [2.05, 4.69) is 33.5 Å². The minimum absolute atomic E-state index is 0.0146. The smallest absolute Gasteiger partial charge is 0.251 e. The van der Waals surface area contributed by atoms with Crippen molar-refractivity contribution in [3.05, 3.63) is 83.9 Å². The monoisotopic (exact) mass is 1110 g/mol. The molecule has 432 valence electrons. The average molecular weight is 1110 g/mol. The van der Waals surface area contributed by atoms with Crippen LogP contribution in [0.4, 0.5) is 0 Å². The second kappa shape index (κ2) is 27.9. The molecular formula is C55H75N7O17. The summed E-state index contributed by atoms with van der Waals surface area (Å²) < 4.78 is 5.91. The number of fused-ring (bicyclic) bond motifs is 2. The number of carbonyl (C=O) groups is 7. The fourth-order valence-electron chi connectivity index (χ4n) is 9.90. The zero-order chi connectivity index (χ0) is 57.8. The third-order valence-electron chi connectivity index (χ3n) is 14.6. The van der Waals surface area contributed by atoms with E-state index in [9.17, 15) is 79.5 Å². The first kappa shape index (κ1) is 61.4. The minimum atomic E-state index is -2.29. The van der Waals surface area contributed by atoms with E-state index < -0.39 is 152 Å². The number of hydrogen-bond acceptors (Lipinski definition) is 17. The van der Waals surface area contributed by atoms with Gasteiger partial charge in [-0.15, -0.1) is 0 Å². The molecular weight excluding hydrogens is 1030 g/mol. The van der Waals surface area contributed by atoms with Crippen LogP contribution in [-0.2, 0) is 28.8 Å². The van der Waals surface area contributed by atoms with Crippen molar-refractivity contribution in [1.82, 2.24) is 36.4 Å². The first-order chi connectivity index (χ1) is 37.5. The molecule has 6 rings (SSSR count). The first-order valence-electron chi connectivity index (χ1n) is 26.7. The van der Waals surface area contributed by atoms with Gasteiger partial charge in [0.1, 0.15) is 66.1 Å². The van der Waals surface area contributed by atoms with Crippen LogP contribution in [0.2, 0.25) is 0 Å². The van der Waals surface area contributed by atoms with Crippen molar-refractivity contribution in [1.29, 1.82) is 0 Å². The molecule has 0 bridgehead atoms. The Labute approximate surface area is 457 Å². The number of phenolic OH excluding ortho intramolecular Hbond substituents is 1. The predicted molar refractivity (Wildman–Crippen MR) is 282 cm³/mol. The lowest BCUT2D eigenvalue weighted by Gasteiger charge is -2.34. The molecule has 3 aromatic carbocycles. The maximum atomic E-state index is 14.4. The topological polar surface area (TPSA) is 377 Å². The van der Waals surface area contributed by atoms with Crippen molar-refractivity contribution in [2.75, 3.05) is 19.7 Å². The number of phenols is 1. The van der Waals surface area contributed by atoms with Crippen molar-refractivity contribution in [3.8, 4) is 22.6 Å². The second-order valence-electron chi connectivity index (χ2n) is 20.8. The molecule has 79 heavy (non-hydrogen) atoms. The number of rotatable bonds is 16. The number of benzene rings is 3. The van der Waals surface area contributed by atoms with Crippen molar-refractivity contribution in [2.24, 2.45) is 5.92 Å². The van der Waals surface area contributed by atoms with Gasteiger partial charge in [0.2, 0.25) is 35.4 Å². The summed E-state index contributed by atoms with van der Waals surface area (Å²) in [6.07, 6.45) is -9.96. The van der Waals surface area contributed by atoms with Crippen LogP contribution >= 0.6 is 0 Å². The number of hydrogen-bond donors (Lipinski definition) is 14. The van der Waals surface area contributed by atoms with E-state index in [1.807, 2.05) is 24.3 Å². The maximum Gasteiger partial charge on any atom is 0.251 e. The molecule has 0 aliphatic carbocycles. The summed E-state index contributed by atoms with van der Waals surface area (Å²) in [7, 11) is 0. The Hall–Kier alpha value is -6.77. The van der Waals surface area contributed by atoms with Gasteiger partial charge < -0.3 is 87.1 Å². The van der Waals surface area contributed by atoms with Gasteiger partial charge in [-0.25, -0.2) is 0 Å². The maximum absolute atomic E-state index is 14.4. The lowest BCUT2D eigenvalue weighted by Crippen LogP contribution is -2.64. The number of carbonyl (C=O) groups excluding carboxylic acids is 7. The van der Waals surface area contributed by atoms with Gasteiger partial charge in [-0.1, -0.05) is 82.3 Å². The largest absolute Gasteiger partial charge is 0.508 e. The van der Waals surface area contributed by atoms with Gasteiger partial charge in [0.15, 0.2) is 6.23 Å². The van der Waals surface area contributed by atoms with E-state index >= 15 is 0 Å². The zero-order valence-electron chi connectivity index (χ0n) is 44.6. The van der Waals surface area contributed by atoms with Gasteiger partial charge in [-0.2, -0.15) is 0 Å². The molecule has 24 heteroatoms. The number of amides is 7. The van der Waals surface area contributed by atoms with Gasteiger partial charge in [0, 0.05) is 37.4 Å². The second-order valence-corrected chi connectivity index (χ2v) is 20.8. The summed E-state index contributed by atoms with van der Waals surface area (Å²) in [6, 6.07) is 6.66. The third-order valence-corrected chi connectivity index (χ3v) is 14.6. The normalized spacial score (nSPS) is 28.2. The fraction of sp³-hybridized carbons (Fsp3) is 0.545. The summed E-state index contributed by atoms with van der Waals surface area (Å²) in [5, 5.41) is 111. The molecule has 3 fully saturated rings. The molecule has 7 amide bonds. The molecule has 24 nitrogen and oxygen atoms in total. The highest BCUT2D eigenvalue weighted by Gasteiger charge is 2.50. The molecule has 3 heterocycles. The van der Waals surface area contributed by atoms with Crippen LogP contribution in [0, 0.1) is 5.92 Å². The van der Waals surface area contributed by atoms with Gasteiger partial charge >= 0.3 is 0 Å². The molecule has 3 aliphatic rings. The summed E-state index contributed by atoms with van der Waals surface area (Å²) in [4.78, 5) is 101. The van der Waals surface area contributed by atoms with Crippen LogP contribution in [0.3, 0.4) is 0 Å². The number of unbranched alkanes of at least 4 members (excludes halogenated alkanes) is 5. The van der Waals surface area contributed by atoms with Gasteiger partial charge in [0.25, 0.3) is 5.91 Å². The molecule has 3 saturated heterocycles. The Morgan fingerprint density at radius 1 is 0.658 bits per heavy atom. The average Bonchev–Trinajstić information content (AvgIpc) is 3.97. The van der Waals surface area contributed by atoms with E-state index in [0.717, 1.165) is 60.6 Å². The number of nitrogens with one attached hydrogen (secondary N) is 5. The van der Waals surface area contributed by atoms with Crippen LogP contribution in [0.25, 0.3) is 11.1 Å². The molecule has 0 radical (unpaired) electrons. The third kappa shape index (κ3) is 15.5. The highest BCUT2D eigenvalue weighted by atomic mass is 16.5.